The van der Waals surface area contributed by atoms with Gasteiger partial charge in [-0.15, -0.1) is 11.8 Å². The molecule has 0 aliphatic heterocycles. The molecule has 1 aliphatic carbocycles. The SMILES string of the molecule is CC#CCCC1=CC(N)CC(C)(C)C1. The summed E-state index contributed by atoms with van der Waals surface area (Å²) in [6.45, 7) is 6.49. The maximum absolute atomic E-state index is 5.99. The lowest BCUT2D eigenvalue weighted by molar-refractivity contribution is 0.298. The average molecular weight is 191 g/mol. The van der Waals surface area contributed by atoms with Gasteiger partial charge in [-0.25, -0.2) is 0 Å². The summed E-state index contributed by atoms with van der Waals surface area (Å²) in [7, 11) is 0. The van der Waals surface area contributed by atoms with E-state index in [0.717, 1.165) is 19.3 Å². The Balaban J connectivity index is 2.54. The van der Waals surface area contributed by atoms with Crippen LogP contribution in [0.2, 0.25) is 0 Å². The molecule has 0 aromatic rings. The smallest absolute Gasteiger partial charge is 0.0231 e. The number of nitrogens with two attached hydrogens (primary N) is 1. The first-order chi connectivity index (χ1) is 6.53. The maximum Gasteiger partial charge on any atom is 0.0231 e. The highest BCUT2D eigenvalue weighted by Crippen LogP contribution is 2.36. The van der Waals surface area contributed by atoms with E-state index in [-0.39, 0.29) is 6.04 Å². The summed E-state index contributed by atoms with van der Waals surface area (Å²) >= 11 is 0. The Bertz CT molecular complexity index is 275. The van der Waals surface area contributed by atoms with Crippen LogP contribution in [-0.2, 0) is 0 Å². The Hall–Kier alpha value is -0.740. The second-order valence-corrected chi connectivity index (χ2v) is 4.96. The van der Waals surface area contributed by atoms with Gasteiger partial charge in [-0.05, 0) is 31.6 Å². The molecular formula is C13H21N. The lowest BCUT2D eigenvalue weighted by atomic mass is 9.74. The Morgan fingerprint density at radius 3 is 2.86 bits per heavy atom. The van der Waals surface area contributed by atoms with E-state index in [0.29, 0.717) is 5.41 Å². The van der Waals surface area contributed by atoms with E-state index in [1.165, 1.54) is 12.0 Å². The van der Waals surface area contributed by atoms with E-state index >= 15 is 0 Å². The van der Waals surface area contributed by atoms with Crippen LogP contribution in [0.4, 0.5) is 0 Å². The topological polar surface area (TPSA) is 26.0 Å². The summed E-state index contributed by atoms with van der Waals surface area (Å²) < 4.78 is 0. The van der Waals surface area contributed by atoms with Crippen molar-refractivity contribution in [3.05, 3.63) is 11.6 Å². The molecule has 0 aromatic carbocycles. The van der Waals surface area contributed by atoms with Crippen molar-refractivity contribution in [2.75, 3.05) is 0 Å². The zero-order chi connectivity index (χ0) is 10.6. The van der Waals surface area contributed by atoms with Gasteiger partial charge in [-0.2, -0.15) is 0 Å². The molecule has 1 aliphatic rings. The summed E-state index contributed by atoms with van der Waals surface area (Å²) in [5.41, 5.74) is 7.87. The zero-order valence-electron chi connectivity index (χ0n) is 9.56. The van der Waals surface area contributed by atoms with Crippen LogP contribution in [0.3, 0.4) is 0 Å². The van der Waals surface area contributed by atoms with Crippen LogP contribution in [0.25, 0.3) is 0 Å². The average Bonchev–Trinajstić information content (AvgIpc) is 2.00. The normalized spacial score (nSPS) is 24.9. The fourth-order valence-electron chi connectivity index (χ4n) is 2.27. The van der Waals surface area contributed by atoms with Gasteiger partial charge >= 0.3 is 0 Å². The van der Waals surface area contributed by atoms with Crippen molar-refractivity contribution in [3.63, 3.8) is 0 Å². The molecule has 0 bridgehead atoms. The fraction of sp³-hybridized carbons (Fsp3) is 0.692. The molecule has 0 saturated heterocycles. The van der Waals surface area contributed by atoms with Gasteiger partial charge < -0.3 is 5.73 Å². The predicted octanol–water partition coefficient (Wildman–Crippen LogP) is 2.86. The van der Waals surface area contributed by atoms with Gasteiger partial charge in [0.15, 0.2) is 0 Å². The summed E-state index contributed by atoms with van der Waals surface area (Å²) in [6.07, 6.45) is 6.60. The minimum atomic E-state index is 0.253. The second-order valence-electron chi connectivity index (χ2n) is 4.96. The van der Waals surface area contributed by atoms with E-state index in [2.05, 4.69) is 31.8 Å². The lowest BCUT2D eigenvalue weighted by Crippen LogP contribution is -2.30. The van der Waals surface area contributed by atoms with Gasteiger partial charge in [-0.3, -0.25) is 0 Å². The van der Waals surface area contributed by atoms with Gasteiger partial charge in [0.2, 0.25) is 0 Å². The summed E-state index contributed by atoms with van der Waals surface area (Å²) in [5.74, 6) is 6.04. The molecule has 0 aromatic heterocycles. The lowest BCUT2D eigenvalue weighted by Gasteiger charge is -2.33. The molecule has 1 rings (SSSR count). The van der Waals surface area contributed by atoms with E-state index in [9.17, 15) is 0 Å². The van der Waals surface area contributed by atoms with Gasteiger partial charge in [0, 0.05) is 12.5 Å². The van der Waals surface area contributed by atoms with Crippen molar-refractivity contribution >= 4 is 0 Å². The summed E-state index contributed by atoms with van der Waals surface area (Å²) in [4.78, 5) is 0. The van der Waals surface area contributed by atoms with Crippen LogP contribution in [0.1, 0.15) is 46.5 Å². The molecule has 1 atom stereocenters. The van der Waals surface area contributed by atoms with E-state index in [1.807, 2.05) is 6.92 Å². The third kappa shape index (κ3) is 3.55. The number of hydrogen-bond donors (Lipinski definition) is 1. The van der Waals surface area contributed by atoms with Gasteiger partial charge in [0.25, 0.3) is 0 Å². The predicted molar refractivity (Wildman–Crippen MR) is 61.8 cm³/mol. The van der Waals surface area contributed by atoms with Crippen LogP contribution < -0.4 is 5.73 Å². The summed E-state index contributed by atoms with van der Waals surface area (Å²) in [5, 5.41) is 0. The van der Waals surface area contributed by atoms with Gasteiger partial charge in [-0.1, -0.05) is 25.5 Å². The Kier molecular flexibility index (Phi) is 3.77. The van der Waals surface area contributed by atoms with Gasteiger partial charge in [0.05, 0.1) is 0 Å². The minimum Gasteiger partial charge on any atom is -0.324 e. The molecule has 2 N–H and O–H groups in total. The second kappa shape index (κ2) is 4.66. The highest BCUT2D eigenvalue weighted by Gasteiger charge is 2.26. The molecule has 0 amide bonds. The maximum atomic E-state index is 5.99. The van der Waals surface area contributed by atoms with Crippen molar-refractivity contribution < 1.29 is 0 Å². The molecule has 0 saturated carbocycles. The first-order valence-corrected chi connectivity index (χ1v) is 5.38. The van der Waals surface area contributed by atoms with E-state index in [1.54, 1.807) is 0 Å². The number of hydrogen-bond acceptors (Lipinski definition) is 1. The van der Waals surface area contributed by atoms with Crippen molar-refractivity contribution in [1.82, 2.24) is 0 Å². The molecular weight excluding hydrogens is 170 g/mol. The Morgan fingerprint density at radius 2 is 2.29 bits per heavy atom. The fourth-order valence-corrected chi connectivity index (χ4v) is 2.27. The zero-order valence-corrected chi connectivity index (χ0v) is 9.56. The van der Waals surface area contributed by atoms with Crippen LogP contribution >= 0.6 is 0 Å². The highest BCUT2D eigenvalue weighted by molar-refractivity contribution is 5.15. The van der Waals surface area contributed by atoms with Gasteiger partial charge in [0.1, 0.15) is 0 Å². The van der Waals surface area contributed by atoms with Crippen LogP contribution in [0.5, 0.6) is 0 Å². The standard InChI is InChI=1S/C13H21N/c1-4-5-6-7-11-8-12(14)10-13(2,3)9-11/h8,12H,6-7,9-10,14H2,1-3H3. The molecule has 1 nitrogen and oxygen atoms in total. The Labute approximate surface area is 87.8 Å². The third-order valence-corrected chi connectivity index (χ3v) is 2.69. The largest absolute Gasteiger partial charge is 0.324 e. The quantitative estimate of drug-likeness (QED) is 0.527. The van der Waals surface area contributed by atoms with Crippen LogP contribution in [-0.4, -0.2) is 6.04 Å². The van der Waals surface area contributed by atoms with Crippen LogP contribution in [0, 0.1) is 17.3 Å². The van der Waals surface area contributed by atoms with Crippen LogP contribution in [0.15, 0.2) is 11.6 Å². The molecule has 0 fully saturated rings. The van der Waals surface area contributed by atoms with Crippen molar-refractivity contribution in [3.8, 4) is 11.8 Å². The van der Waals surface area contributed by atoms with E-state index in [4.69, 9.17) is 5.73 Å². The van der Waals surface area contributed by atoms with Crippen molar-refractivity contribution in [2.24, 2.45) is 11.1 Å². The van der Waals surface area contributed by atoms with Crippen molar-refractivity contribution in [1.29, 1.82) is 0 Å². The molecule has 1 unspecified atom stereocenters. The molecule has 78 valence electrons. The molecule has 1 heteroatoms. The first-order valence-electron chi connectivity index (χ1n) is 5.38. The third-order valence-electron chi connectivity index (χ3n) is 2.69. The molecule has 0 radical (unpaired) electrons. The first kappa shape index (κ1) is 11.3. The summed E-state index contributed by atoms with van der Waals surface area (Å²) in [6, 6.07) is 0.253. The molecule has 0 spiro atoms. The molecule has 0 heterocycles. The number of rotatable bonds is 2. The van der Waals surface area contributed by atoms with E-state index < -0.39 is 0 Å². The Morgan fingerprint density at radius 1 is 1.57 bits per heavy atom. The number of allylic oxidation sites excluding steroid dienone is 1. The highest BCUT2D eigenvalue weighted by atomic mass is 14.6. The van der Waals surface area contributed by atoms with Crippen molar-refractivity contribution in [2.45, 2.75) is 52.5 Å². The minimum absolute atomic E-state index is 0.253. The molecule has 14 heavy (non-hydrogen) atoms. The monoisotopic (exact) mass is 191 g/mol.